The molecule has 2 aromatic rings. The van der Waals surface area contributed by atoms with Gasteiger partial charge in [0.25, 0.3) is 5.91 Å². The van der Waals surface area contributed by atoms with E-state index < -0.39 is 27.6 Å². The summed E-state index contributed by atoms with van der Waals surface area (Å²) in [6.07, 6.45) is 1.37. The van der Waals surface area contributed by atoms with Crippen molar-refractivity contribution >= 4 is 33.1 Å². The quantitative estimate of drug-likeness (QED) is 0.777. The predicted molar refractivity (Wildman–Crippen MR) is 91.0 cm³/mol. The molecule has 1 atom stereocenters. The molecule has 1 heterocycles. The Morgan fingerprint density at radius 1 is 1.25 bits per heavy atom. The van der Waals surface area contributed by atoms with Gasteiger partial charge in [-0.2, -0.15) is 0 Å². The Labute approximate surface area is 144 Å². The van der Waals surface area contributed by atoms with Crippen molar-refractivity contribution in [2.24, 2.45) is 5.92 Å². The van der Waals surface area contributed by atoms with E-state index in [4.69, 9.17) is 0 Å². The smallest absolute Gasteiger partial charge is 0.308 e. The van der Waals surface area contributed by atoms with Gasteiger partial charge in [0.2, 0.25) is 0 Å². The van der Waals surface area contributed by atoms with Crippen LogP contribution < -0.4 is 5.32 Å². The summed E-state index contributed by atoms with van der Waals surface area (Å²) in [5.74, 6) is -2.23. The van der Waals surface area contributed by atoms with Crippen LogP contribution in [0.5, 0.6) is 0 Å². The van der Waals surface area contributed by atoms with Crippen LogP contribution in [0.25, 0.3) is 0 Å². The van der Waals surface area contributed by atoms with Gasteiger partial charge in [-0.05, 0) is 18.1 Å². The molecule has 0 aliphatic carbocycles. The Morgan fingerprint density at radius 2 is 1.92 bits per heavy atom. The molecule has 1 unspecified atom stereocenters. The van der Waals surface area contributed by atoms with E-state index in [1.807, 2.05) is 30.3 Å². The number of sulfone groups is 1. The second-order valence-corrected chi connectivity index (χ2v) is 8.28. The fourth-order valence-corrected chi connectivity index (χ4v) is 4.02. The normalized spacial score (nSPS) is 12.5. The maximum Gasteiger partial charge on any atom is 0.308 e. The Hall–Kier alpha value is -2.19. The first kappa shape index (κ1) is 18.2. The molecular weight excluding hydrogens is 350 g/mol. The zero-order valence-electron chi connectivity index (χ0n) is 12.9. The summed E-state index contributed by atoms with van der Waals surface area (Å²) < 4.78 is 22.8. The topological polar surface area (TPSA) is 101 Å². The maximum absolute atomic E-state index is 12.1. The van der Waals surface area contributed by atoms with Gasteiger partial charge in [0.15, 0.2) is 9.84 Å². The van der Waals surface area contributed by atoms with E-state index in [1.54, 1.807) is 0 Å². The van der Waals surface area contributed by atoms with Gasteiger partial charge in [0.1, 0.15) is 0 Å². The van der Waals surface area contributed by atoms with Gasteiger partial charge in [-0.15, -0.1) is 11.3 Å². The number of carbonyl (C=O) groups excluding carboxylic acids is 1. The Balaban J connectivity index is 2.00. The third kappa shape index (κ3) is 4.90. The van der Waals surface area contributed by atoms with Crippen LogP contribution in [-0.2, 0) is 21.1 Å². The van der Waals surface area contributed by atoms with E-state index in [2.05, 4.69) is 5.32 Å². The molecule has 2 rings (SSSR count). The summed E-state index contributed by atoms with van der Waals surface area (Å²) in [6.45, 7) is -0.0326. The second-order valence-electron chi connectivity index (χ2n) is 5.35. The SMILES string of the molecule is CS(=O)(=O)c1csc(C(=O)NCC(Cc2ccccc2)C(=O)O)c1. The van der Waals surface area contributed by atoms with Gasteiger partial charge < -0.3 is 10.4 Å². The number of aliphatic carboxylic acids is 1. The molecule has 1 amide bonds. The molecule has 6 nitrogen and oxygen atoms in total. The molecule has 128 valence electrons. The average Bonchev–Trinajstić information content (AvgIpc) is 3.02. The van der Waals surface area contributed by atoms with Gasteiger partial charge in [-0.3, -0.25) is 9.59 Å². The van der Waals surface area contributed by atoms with Crippen molar-refractivity contribution in [2.45, 2.75) is 11.3 Å². The monoisotopic (exact) mass is 367 g/mol. The zero-order valence-corrected chi connectivity index (χ0v) is 14.6. The van der Waals surface area contributed by atoms with Crippen LogP contribution >= 0.6 is 11.3 Å². The Morgan fingerprint density at radius 3 is 2.46 bits per heavy atom. The molecule has 24 heavy (non-hydrogen) atoms. The number of rotatable bonds is 7. The van der Waals surface area contributed by atoms with Crippen molar-refractivity contribution in [3.05, 3.63) is 52.2 Å². The van der Waals surface area contributed by atoms with E-state index in [0.717, 1.165) is 23.2 Å². The minimum atomic E-state index is -3.36. The molecule has 2 N–H and O–H groups in total. The summed E-state index contributed by atoms with van der Waals surface area (Å²) >= 11 is 1.01. The first-order chi connectivity index (χ1) is 11.3. The zero-order chi connectivity index (χ0) is 17.7. The van der Waals surface area contributed by atoms with Crippen molar-refractivity contribution in [2.75, 3.05) is 12.8 Å². The summed E-state index contributed by atoms with van der Waals surface area (Å²) in [6, 6.07) is 10.4. The Bertz CT molecular complexity index is 827. The van der Waals surface area contributed by atoms with Crippen molar-refractivity contribution in [3.63, 3.8) is 0 Å². The largest absolute Gasteiger partial charge is 0.481 e. The number of hydrogen-bond acceptors (Lipinski definition) is 5. The fourth-order valence-electron chi connectivity index (χ4n) is 2.08. The van der Waals surface area contributed by atoms with Crippen molar-refractivity contribution in [1.82, 2.24) is 5.32 Å². The van der Waals surface area contributed by atoms with Crippen LogP contribution in [0.3, 0.4) is 0 Å². The number of thiophene rings is 1. The van der Waals surface area contributed by atoms with Gasteiger partial charge in [-0.25, -0.2) is 8.42 Å². The van der Waals surface area contributed by atoms with Gasteiger partial charge in [0, 0.05) is 18.2 Å². The summed E-state index contributed by atoms with van der Waals surface area (Å²) in [7, 11) is -3.36. The molecule has 0 saturated heterocycles. The van der Waals surface area contributed by atoms with Crippen LogP contribution in [0.2, 0.25) is 0 Å². The molecule has 8 heteroatoms. The lowest BCUT2D eigenvalue weighted by Gasteiger charge is -2.13. The maximum atomic E-state index is 12.1. The number of benzene rings is 1. The third-order valence-corrected chi connectivity index (χ3v) is 5.58. The van der Waals surface area contributed by atoms with Gasteiger partial charge >= 0.3 is 5.97 Å². The lowest BCUT2D eigenvalue weighted by atomic mass is 9.99. The average molecular weight is 367 g/mol. The first-order valence-electron chi connectivity index (χ1n) is 7.11. The van der Waals surface area contributed by atoms with E-state index in [1.165, 1.54) is 11.4 Å². The van der Waals surface area contributed by atoms with Crippen LogP contribution in [0, 0.1) is 5.92 Å². The van der Waals surface area contributed by atoms with Gasteiger partial charge in [0.05, 0.1) is 15.7 Å². The first-order valence-corrected chi connectivity index (χ1v) is 9.88. The standard InChI is InChI=1S/C16H17NO5S2/c1-24(21,22)13-8-14(23-10-13)15(18)17-9-12(16(19)20)7-11-5-3-2-4-6-11/h2-6,8,10,12H,7,9H2,1H3,(H,17,18)(H,19,20). The molecule has 0 spiro atoms. The summed E-state index contributed by atoms with van der Waals surface area (Å²) in [5.41, 5.74) is 0.870. The number of nitrogens with one attached hydrogen (secondary N) is 1. The molecule has 0 aliphatic rings. The van der Waals surface area contributed by atoms with Crippen LogP contribution in [0.15, 0.2) is 46.7 Å². The highest BCUT2D eigenvalue weighted by atomic mass is 32.2. The Kier molecular flexibility index (Phi) is 5.74. The van der Waals surface area contributed by atoms with E-state index in [0.29, 0.717) is 6.42 Å². The predicted octanol–water partition coefficient (Wildman–Crippen LogP) is 1.82. The molecule has 1 aromatic heterocycles. The number of carboxylic acids is 1. The van der Waals surface area contributed by atoms with Gasteiger partial charge in [-0.1, -0.05) is 30.3 Å². The van der Waals surface area contributed by atoms with Crippen LogP contribution in [0.1, 0.15) is 15.2 Å². The molecule has 0 radical (unpaired) electrons. The number of amides is 1. The minimum Gasteiger partial charge on any atom is -0.481 e. The lowest BCUT2D eigenvalue weighted by molar-refractivity contribution is -0.141. The molecule has 0 bridgehead atoms. The number of carboxylic acid groups (broad SMARTS) is 1. The minimum absolute atomic E-state index is 0.0326. The molecule has 0 fully saturated rings. The fraction of sp³-hybridized carbons (Fsp3) is 0.250. The lowest BCUT2D eigenvalue weighted by Crippen LogP contribution is -2.33. The highest BCUT2D eigenvalue weighted by Crippen LogP contribution is 2.19. The van der Waals surface area contributed by atoms with Crippen molar-refractivity contribution in [1.29, 1.82) is 0 Å². The van der Waals surface area contributed by atoms with Crippen LogP contribution in [0.4, 0.5) is 0 Å². The highest BCUT2D eigenvalue weighted by molar-refractivity contribution is 7.90. The van der Waals surface area contributed by atoms with Crippen molar-refractivity contribution < 1.29 is 23.1 Å². The summed E-state index contributed by atoms with van der Waals surface area (Å²) in [5, 5.41) is 13.3. The molecule has 1 aromatic carbocycles. The third-order valence-electron chi connectivity index (χ3n) is 3.41. The molecule has 0 saturated carbocycles. The van der Waals surface area contributed by atoms with E-state index in [9.17, 15) is 23.1 Å². The van der Waals surface area contributed by atoms with E-state index in [-0.39, 0.29) is 16.3 Å². The molecule has 0 aliphatic heterocycles. The second kappa shape index (κ2) is 7.59. The number of carbonyl (C=O) groups is 2. The van der Waals surface area contributed by atoms with Crippen LogP contribution in [-0.4, -0.2) is 38.2 Å². The van der Waals surface area contributed by atoms with Crippen molar-refractivity contribution in [3.8, 4) is 0 Å². The molecular formula is C16H17NO5S2. The highest BCUT2D eigenvalue weighted by Gasteiger charge is 2.20. The summed E-state index contributed by atoms with van der Waals surface area (Å²) in [4.78, 5) is 23.8. The van der Waals surface area contributed by atoms with E-state index >= 15 is 0 Å². The number of hydrogen-bond donors (Lipinski definition) is 2.